The molecule has 5 nitrogen and oxygen atoms in total. The molecule has 1 aliphatic carbocycles. The van der Waals surface area contributed by atoms with Gasteiger partial charge in [-0.25, -0.2) is 4.79 Å². The van der Waals surface area contributed by atoms with Gasteiger partial charge in [0.1, 0.15) is 12.4 Å². The highest BCUT2D eigenvalue weighted by molar-refractivity contribution is 5.87. The summed E-state index contributed by atoms with van der Waals surface area (Å²) in [5, 5.41) is 12.9. The molecule has 2 aliphatic rings. The van der Waals surface area contributed by atoms with Gasteiger partial charge in [-0.05, 0) is 28.3 Å². The molecule has 1 unspecified atom stereocenters. The number of amides is 1. The zero-order valence-electron chi connectivity index (χ0n) is 15.8. The highest BCUT2D eigenvalue weighted by atomic mass is 16.5. The normalized spacial score (nSPS) is 16.9. The van der Waals surface area contributed by atoms with Crippen LogP contribution in [0, 0.1) is 0 Å². The molecule has 0 radical (unpaired) electrons. The Morgan fingerprint density at radius 3 is 2.34 bits per heavy atom. The predicted octanol–water partition coefficient (Wildman–Crippen LogP) is 4.86. The van der Waals surface area contributed by atoms with Crippen LogP contribution >= 0.6 is 0 Å². The van der Waals surface area contributed by atoms with Crippen LogP contribution in [0.2, 0.25) is 0 Å². The fourth-order valence-corrected chi connectivity index (χ4v) is 4.25. The highest BCUT2D eigenvalue weighted by Gasteiger charge is 2.29. The first kappa shape index (κ1) is 17.8. The summed E-state index contributed by atoms with van der Waals surface area (Å²) in [4.78, 5) is 12.5. The summed E-state index contributed by atoms with van der Waals surface area (Å²) in [6.07, 6.45) is -0.576. The van der Waals surface area contributed by atoms with E-state index in [2.05, 4.69) is 29.6 Å². The first-order chi connectivity index (χ1) is 14.2. The van der Waals surface area contributed by atoms with E-state index < -0.39 is 12.2 Å². The summed E-state index contributed by atoms with van der Waals surface area (Å²) in [5.74, 6) is 0.524. The SMILES string of the molecule is O=C(Nc1cccc2c1OCCC2O)OCC1c2ccccc2-c2ccccc21. The van der Waals surface area contributed by atoms with Gasteiger partial charge in [0, 0.05) is 17.9 Å². The molecule has 1 amide bonds. The van der Waals surface area contributed by atoms with Gasteiger partial charge in [0.25, 0.3) is 0 Å². The molecule has 29 heavy (non-hydrogen) atoms. The van der Waals surface area contributed by atoms with Crippen LogP contribution in [0.5, 0.6) is 5.75 Å². The number of carbonyl (C=O) groups is 1. The van der Waals surface area contributed by atoms with Crippen molar-refractivity contribution in [1.29, 1.82) is 0 Å². The van der Waals surface area contributed by atoms with Crippen LogP contribution in [0.1, 0.15) is 35.1 Å². The minimum Gasteiger partial charge on any atom is -0.491 e. The van der Waals surface area contributed by atoms with Crippen LogP contribution in [0.25, 0.3) is 11.1 Å². The van der Waals surface area contributed by atoms with E-state index in [4.69, 9.17) is 9.47 Å². The molecule has 1 heterocycles. The van der Waals surface area contributed by atoms with Gasteiger partial charge in [0.2, 0.25) is 0 Å². The highest BCUT2D eigenvalue weighted by Crippen LogP contribution is 2.44. The molecular weight excluding hydrogens is 366 g/mol. The second-order valence-corrected chi connectivity index (χ2v) is 7.33. The number of aliphatic hydroxyl groups excluding tert-OH is 1. The smallest absolute Gasteiger partial charge is 0.411 e. The number of hydrogen-bond acceptors (Lipinski definition) is 4. The van der Waals surface area contributed by atoms with Crippen LogP contribution in [-0.2, 0) is 4.74 Å². The molecule has 0 bridgehead atoms. The molecule has 5 heteroatoms. The predicted molar refractivity (Wildman–Crippen MR) is 110 cm³/mol. The quantitative estimate of drug-likeness (QED) is 0.673. The molecule has 3 aromatic carbocycles. The summed E-state index contributed by atoms with van der Waals surface area (Å²) in [6.45, 7) is 0.663. The summed E-state index contributed by atoms with van der Waals surface area (Å²) < 4.78 is 11.3. The molecule has 0 saturated carbocycles. The minimum atomic E-state index is -0.581. The molecule has 2 N–H and O–H groups in total. The van der Waals surface area contributed by atoms with Crippen LogP contribution in [0.3, 0.4) is 0 Å². The van der Waals surface area contributed by atoms with Gasteiger partial charge in [0.15, 0.2) is 0 Å². The Bertz CT molecular complexity index is 1030. The van der Waals surface area contributed by atoms with Gasteiger partial charge >= 0.3 is 6.09 Å². The largest absolute Gasteiger partial charge is 0.491 e. The number of benzene rings is 3. The maximum atomic E-state index is 12.5. The number of aliphatic hydroxyl groups is 1. The molecule has 5 rings (SSSR count). The number of ether oxygens (including phenoxy) is 2. The van der Waals surface area contributed by atoms with Gasteiger partial charge in [-0.15, -0.1) is 0 Å². The number of hydrogen-bond donors (Lipinski definition) is 2. The lowest BCUT2D eigenvalue weighted by molar-refractivity contribution is 0.115. The molecule has 1 atom stereocenters. The van der Waals surface area contributed by atoms with Crippen LogP contribution < -0.4 is 10.1 Å². The van der Waals surface area contributed by atoms with E-state index in [1.807, 2.05) is 30.3 Å². The maximum Gasteiger partial charge on any atom is 0.411 e. The fraction of sp³-hybridized carbons (Fsp3) is 0.208. The third kappa shape index (κ3) is 3.13. The van der Waals surface area contributed by atoms with Crippen molar-refractivity contribution in [2.75, 3.05) is 18.5 Å². The van der Waals surface area contributed by atoms with Gasteiger partial charge < -0.3 is 14.6 Å². The van der Waals surface area contributed by atoms with Crippen LogP contribution in [0.15, 0.2) is 66.7 Å². The van der Waals surface area contributed by atoms with E-state index in [1.54, 1.807) is 12.1 Å². The number of anilines is 1. The van der Waals surface area contributed by atoms with Crippen molar-refractivity contribution in [3.8, 4) is 16.9 Å². The lowest BCUT2D eigenvalue weighted by Crippen LogP contribution is -2.20. The molecule has 0 saturated heterocycles. The van der Waals surface area contributed by atoms with Gasteiger partial charge in [0.05, 0.1) is 18.4 Å². The van der Waals surface area contributed by atoms with Crippen molar-refractivity contribution in [3.05, 3.63) is 83.4 Å². The standard InChI is InChI=1S/C24H21NO4/c26-22-12-13-28-23-19(22)10-5-11-21(23)25-24(27)29-14-20-17-8-3-1-6-15(17)16-7-2-4-9-18(16)20/h1-11,20,22,26H,12-14H2,(H,25,27). The van der Waals surface area contributed by atoms with Crippen LogP contribution in [0.4, 0.5) is 10.5 Å². The van der Waals surface area contributed by atoms with Crippen LogP contribution in [-0.4, -0.2) is 24.4 Å². The van der Waals surface area contributed by atoms with Crippen molar-refractivity contribution < 1.29 is 19.4 Å². The number of para-hydroxylation sites is 1. The second kappa shape index (κ2) is 7.26. The Morgan fingerprint density at radius 1 is 0.966 bits per heavy atom. The maximum absolute atomic E-state index is 12.5. The Hall–Kier alpha value is -3.31. The van der Waals surface area contributed by atoms with E-state index >= 15 is 0 Å². The van der Waals surface area contributed by atoms with Crippen molar-refractivity contribution in [1.82, 2.24) is 0 Å². The Morgan fingerprint density at radius 2 is 1.62 bits per heavy atom. The number of fused-ring (bicyclic) bond motifs is 4. The van der Waals surface area contributed by atoms with E-state index in [0.717, 1.165) is 0 Å². The first-order valence-corrected chi connectivity index (χ1v) is 9.78. The topological polar surface area (TPSA) is 67.8 Å². The summed E-state index contributed by atoms with van der Waals surface area (Å²) in [7, 11) is 0. The van der Waals surface area contributed by atoms with Gasteiger partial charge in [-0.1, -0.05) is 60.7 Å². The molecule has 0 fully saturated rings. The minimum absolute atomic E-state index is 0.0101. The Labute approximate surface area is 168 Å². The van der Waals surface area contributed by atoms with E-state index in [1.165, 1.54) is 22.3 Å². The van der Waals surface area contributed by atoms with Gasteiger partial charge in [-0.2, -0.15) is 0 Å². The molecule has 0 spiro atoms. The number of nitrogens with one attached hydrogen (secondary N) is 1. The molecule has 3 aromatic rings. The molecule has 1 aliphatic heterocycles. The lowest BCUT2D eigenvalue weighted by Gasteiger charge is -2.24. The average Bonchev–Trinajstić information content (AvgIpc) is 3.07. The Kier molecular flexibility index (Phi) is 4.45. The average molecular weight is 387 g/mol. The Balaban J connectivity index is 1.33. The third-order valence-corrected chi connectivity index (χ3v) is 5.62. The van der Waals surface area contributed by atoms with E-state index in [-0.39, 0.29) is 12.5 Å². The molecular formula is C24H21NO4. The lowest BCUT2D eigenvalue weighted by atomic mass is 9.98. The van der Waals surface area contributed by atoms with Crippen molar-refractivity contribution in [3.63, 3.8) is 0 Å². The number of carbonyl (C=O) groups excluding carboxylic acids is 1. The summed E-state index contributed by atoms with van der Waals surface area (Å²) in [5.41, 5.74) is 5.93. The molecule has 146 valence electrons. The summed E-state index contributed by atoms with van der Waals surface area (Å²) >= 11 is 0. The first-order valence-electron chi connectivity index (χ1n) is 9.78. The fourth-order valence-electron chi connectivity index (χ4n) is 4.25. The zero-order chi connectivity index (χ0) is 19.8. The third-order valence-electron chi connectivity index (χ3n) is 5.62. The summed E-state index contributed by atoms with van der Waals surface area (Å²) in [6, 6.07) is 21.8. The van der Waals surface area contributed by atoms with Crippen molar-refractivity contribution in [2.24, 2.45) is 0 Å². The van der Waals surface area contributed by atoms with E-state index in [9.17, 15) is 9.90 Å². The monoisotopic (exact) mass is 387 g/mol. The second-order valence-electron chi connectivity index (χ2n) is 7.33. The van der Waals surface area contributed by atoms with E-state index in [0.29, 0.717) is 30.0 Å². The zero-order valence-corrected chi connectivity index (χ0v) is 15.8. The van der Waals surface area contributed by atoms with Gasteiger partial charge in [-0.3, -0.25) is 5.32 Å². The molecule has 0 aromatic heterocycles. The van der Waals surface area contributed by atoms with Crippen molar-refractivity contribution in [2.45, 2.75) is 18.4 Å². The number of rotatable bonds is 3. The van der Waals surface area contributed by atoms with Crippen molar-refractivity contribution >= 4 is 11.8 Å².